The zero-order chi connectivity index (χ0) is 21.3. The summed E-state index contributed by atoms with van der Waals surface area (Å²) < 4.78 is 5.93. The first kappa shape index (κ1) is 20.7. The summed E-state index contributed by atoms with van der Waals surface area (Å²) in [4.78, 5) is 30.5. The molecule has 1 spiro atoms. The van der Waals surface area contributed by atoms with Gasteiger partial charge in [0.05, 0.1) is 0 Å². The summed E-state index contributed by atoms with van der Waals surface area (Å²) in [5.74, 6) is 1.45. The van der Waals surface area contributed by atoms with Crippen LogP contribution in [0.4, 0.5) is 4.79 Å². The Balaban J connectivity index is 1.40. The van der Waals surface area contributed by atoms with Crippen molar-refractivity contribution in [3.05, 3.63) is 59.1 Å². The Kier molecular flexibility index (Phi) is 5.71. The second-order valence-electron chi connectivity index (χ2n) is 7.90. The number of amides is 3. The van der Waals surface area contributed by atoms with Crippen molar-refractivity contribution >= 4 is 23.5 Å². The van der Waals surface area contributed by atoms with Gasteiger partial charge >= 0.3 is 6.03 Å². The maximum absolute atomic E-state index is 12.8. The van der Waals surface area contributed by atoms with E-state index in [4.69, 9.17) is 16.3 Å². The van der Waals surface area contributed by atoms with Crippen molar-refractivity contribution in [1.82, 2.24) is 14.7 Å². The Bertz CT molecular complexity index is 939. The topological polar surface area (TPSA) is 53.1 Å². The Morgan fingerprint density at radius 1 is 1.03 bits per heavy atom. The van der Waals surface area contributed by atoms with E-state index in [0.717, 1.165) is 36.7 Å². The summed E-state index contributed by atoms with van der Waals surface area (Å²) >= 11 is 5.93. The van der Waals surface area contributed by atoms with Crippen LogP contribution in [-0.2, 0) is 11.3 Å². The molecule has 0 unspecified atom stereocenters. The molecule has 0 aromatic heterocycles. The molecule has 0 atom stereocenters. The molecule has 3 amide bonds. The molecule has 0 aliphatic carbocycles. The number of likely N-dealkylation sites (N-methyl/N-ethyl adjacent to an activating group) is 2. The van der Waals surface area contributed by atoms with Crippen LogP contribution in [-0.4, -0.2) is 58.9 Å². The third kappa shape index (κ3) is 3.77. The Hall–Kier alpha value is -2.57. The Morgan fingerprint density at radius 3 is 2.40 bits per heavy atom. The van der Waals surface area contributed by atoms with Crippen LogP contribution in [0.5, 0.6) is 11.5 Å². The molecular formula is C23H26ClN3O3. The van der Waals surface area contributed by atoms with Gasteiger partial charge in [0.15, 0.2) is 0 Å². The average molecular weight is 428 g/mol. The van der Waals surface area contributed by atoms with E-state index in [2.05, 4.69) is 11.0 Å². The minimum atomic E-state index is -0.670. The van der Waals surface area contributed by atoms with E-state index in [9.17, 15) is 9.59 Å². The van der Waals surface area contributed by atoms with Crippen LogP contribution < -0.4 is 4.74 Å². The van der Waals surface area contributed by atoms with Gasteiger partial charge in [-0.3, -0.25) is 14.6 Å². The molecule has 0 saturated carbocycles. The first-order valence-electron chi connectivity index (χ1n) is 10.3. The molecule has 0 N–H and O–H groups in total. The molecule has 6 nitrogen and oxygen atoms in total. The van der Waals surface area contributed by atoms with Crippen molar-refractivity contribution in [3.63, 3.8) is 0 Å². The zero-order valence-corrected chi connectivity index (χ0v) is 18.1. The van der Waals surface area contributed by atoms with Gasteiger partial charge in [0.1, 0.15) is 17.0 Å². The molecule has 30 heavy (non-hydrogen) atoms. The van der Waals surface area contributed by atoms with Crippen LogP contribution in [0.1, 0.15) is 25.3 Å². The van der Waals surface area contributed by atoms with Crippen LogP contribution >= 0.6 is 11.6 Å². The molecule has 2 aliphatic rings. The van der Waals surface area contributed by atoms with Gasteiger partial charge in [-0.05, 0) is 61.7 Å². The number of rotatable bonds is 5. The number of urea groups is 1. The van der Waals surface area contributed by atoms with E-state index >= 15 is 0 Å². The first-order chi connectivity index (χ1) is 14.4. The van der Waals surface area contributed by atoms with Crippen LogP contribution in [0.25, 0.3) is 0 Å². The fraction of sp³-hybridized carbons (Fsp3) is 0.391. The number of benzene rings is 2. The lowest BCUT2D eigenvalue weighted by atomic mass is 9.85. The van der Waals surface area contributed by atoms with E-state index in [-0.39, 0.29) is 11.9 Å². The molecule has 0 radical (unpaired) electrons. The molecule has 7 heteroatoms. The normalized spacial score (nSPS) is 19.0. The highest BCUT2D eigenvalue weighted by molar-refractivity contribution is 6.30. The molecule has 0 bridgehead atoms. The van der Waals surface area contributed by atoms with Crippen molar-refractivity contribution in [2.45, 2.75) is 31.8 Å². The number of piperidine rings is 1. The highest BCUT2D eigenvalue weighted by Gasteiger charge is 2.56. The predicted octanol–water partition coefficient (Wildman–Crippen LogP) is 4.38. The zero-order valence-electron chi connectivity index (χ0n) is 17.3. The number of imide groups is 1. The minimum Gasteiger partial charge on any atom is -0.457 e. The first-order valence-corrected chi connectivity index (χ1v) is 10.7. The van der Waals surface area contributed by atoms with Gasteiger partial charge in [-0.15, -0.1) is 0 Å². The largest absolute Gasteiger partial charge is 0.457 e. The van der Waals surface area contributed by atoms with Crippen molar-refractivity contribution in [2.24, 2.45) is 0 Å². The average Bonchev–Trinajstić information content (AvgIpc) is 2.92. The lowest BCUT2D eigenvalue weighted by molar-refractivity contribution is -0.134. The number of hydrogen-bond donors (Lipinski definition) is 0. The van der Waals surface area contributed by atoms with Crippen molar-refractivity contribution in [3.8, 4) is 11.5 Å². The minimum absolute atomic E-state index is 0.0626. The fourth-order valence-corrected chi connectivity index (χ4v) is 4.61. The number of ether oxygens (including phenoxy) is 1. The molecule has 2 aromatic carbocycles. The van der Waals surface area contributed by atoms with Gasteiger partial charge in [-0.2, -0.15) is 0 Å². The highest BCUT2D eigenvalue weighted by atomic mass is 35.5. The summed E-state index contributed by atoms with van der Waals surface area (Å²) in [6, 6.07) is 15.1. The van der Waals surface area contributed by atoms with E-state index < -0.39 is 5.54 Å². The van der Waals surface area contributed by atoms with Crippen LogP contribution in [0, 0.1) is 0 Å². The predicted molar refractivity (Wildman–Crippen MR) is 116 cm³/mol. The number of carbonyl (C=O) groups excluding carboxylic acids is 2. The molecule has 2 aromatic rings. The number of nitrogens with zero attached hydrogens (tertiary/aromatic N) is 3. The van der Waals surface area contributed by atoms with Gasteiger partial charge in [-0.1, -0.05) is 23.7 Å². The summed E-state index contributed by atoms with van der Waals surface area (Å²) in [6.45, 7) is 4.80. The lowest BCUT2D eigenvalue weighted by Crippen LogP contribution is -2.56. The summed E-state index contributed by atoms with van der Waals surface area (Å²) in [6.07, 6.45) is 1.33. The fourth-order valence-electron chi connectivity index (χ4n) is 4.49. The molecule has 4 rings (SSSR count). The maximum atomic E-state index is 12.8. The summed E-state index contributed by atoms with van der Waals surface area (Å²) in [7, 11) is 1.58. The van der Waals surface area contributed by atoms with Crippen molar-refractivity contribution < 1.29 is 14.3 Å². The van der Waals surface area contributed by atoms with Gasteiger partial charge in [0.2, 0.25) is 0 Å². The summed E-state index contributed by atoms with van der Waals surface area (Å²) in [5, 5.41) is 0.675. The monoisotopic (exact) mass is 427 g/mol. The molecule has 158 valence electrons. The third-order valence-corrected chi connectivity index (χ3v) is 6.34. The number of hydrogen-bond acceptors (Lipinski definition) is 4. The van der Waals surface area contributed by atoms with Gasteiger partial charge in [0, 0.05) is 38.2 Å². The number of likely N-dealkylation sites (tertiary alicyclic amines) is 1. The van der Waals surface area contributed by atoms with Crippen molar-refractivity contribution in [1.29, 1.82) is 0 Å². The van der Waals surface area contributed by atoms with Crippen LogP contribution in [0.15, 0.2) is 48.5 Å². The Labute approximate surface area is 182 Å². The van der Waals surface area contributed by atoms with E-state index in [1.165, 1.54) is 4.90 Å². The second kappa shape index (κ2) is 8.28. The smallest absolute Gasteiger partial charge is 0.327 e. The molecule has 2 fully saturated rings. The van der Waals surface area contributed by atoms with E-state index in [0.29, 0.717) is 24.4 Å². The van der Waals surface area contributed by atoms with Crippen LogP contribution in [0.2, 0.25) is 5.02 Å². The summed E-state index contributed by atoms with van der Waals surface area (Å²) in [5.41, 5.74) is 0.479. The standard InChI is InChI=1S/C23H26ClN3O3/c1-3-27-22(29)25(2)21(28)23(27)11-13-26(14-12-23)16-17-5-4-6-20(15-17)30-19-9-7-18(24)8-10-19/h4-10,15H,3,11-14,16H2,1-2H3. The lowest BCUT2D eigenvalue weighted by Gasteiger charge is -2.41. The number of carbonyl (C=O) groups is 2. The quantitative estimate of drug-likeness (QED) is 0.664. The van der Waals surface area contributed by atoms with Gasteiger partial charge < -0.3 is 9.64 Å². The third-order valence-electron chi connectivity index (χ3n) is 6.09. The van der Waals surface area contributed by atoms with E-state index in [1.54, 1.807) is 24.1 Å². The van der Waals surface area contributed by atoms with Gasteiger partial charge in [-0.25, -0.2) is 4.79 Å². The Morgan fingerprint density at radius 2 is 1.73 bits per heavy atom. The second-order valence-corrected chi connectivity index (χ2v) is 8.34. The maximum Gasteiger partial charge on any atom is 0.327 e. The van der Waals surface area contributed by atoms with Crippen molar-refractivity contribution in [2.75, 3.05) is 26.7 Å². The van der Waals surface area contributed by atoms with Gasteiger partial charge in [0.25, 0.3) is 5.91 Å². The van der Waals surface area contributed by atoms with Crippen LogP contribution in [0.3, 0.4) is 0 Å². The molecule has 2 aliphatic heterocycles. The molecule has 2 heterocycles. The van der Waals surface area contributed by atoms with E-state index in [1.807, 2.05) is 37.3 Å². The molecular weight excluding hydrogens is 402 g/mol. The molecule has 2 saturated heterocycles. The highest BCUT2D eigenvalue weighted by Crippen LogP contribution is 2.37. The SMILES string of the molecule is CCN1C(=O)N(C)C(=O)C12CCN(Cc1cccc(Oc3ccc(Cl)cc3)c1)CC2. The number of halogens is 1.